The van der Waals surface area contributed by atoms with Gasteiger partial charge in [-0.2, -0.15) is 0 Å². The van der Waals surface area contributed by atoms with E-state index in [2.05, 4.69) is 0 Å². The first kappa shape index (κ1) is 10.9. The zero-order chi connectivity index (χ0) is 9.97. The van der Waals surface area contributed by atoms with E-state index in [1.54, 1.807) is 0 Å². The lowest BCUT2D eigenvalue weighted by Crippen LogP contribution is -2.24. The van der Waals surface area contributed by atoms with Gasteiger partial charge in [-0.15, -0.1) is 11.6 Å². The topological polar surface area (TPSA) is 0 Å². The van der Waals surface area contributed by atoms with Gasteiger partial charge in [0, 0.05) is 5.38 Å². The predicted octanol–water partition coefficient (Wildman–Crippen LogP) is 3.93. The van der Waals surface area contributed by atoms with Crippen LogP contribution in [0.5, 0.6) is 0 Å². The Morgan fingerprint density at radius 1 is 0.714 bits per heavy atom. The third kappa shape index (κ3) is 2.69. The molecule has 2 aliphatic rings. The van der Waals surface area contributed by atoms with Gasteiger partial charge in [0.15, 0.2) is 0 Å². The van der Waals surface area contributed by atoms with Crippen LogP contribution in [0.1, 0.15) is 51.4 Å². The van der Waals surface area contributed by atoms with Crippen LogP contribution in [0.2, 0.25) is 5.82 Å². The molecule has 0 unspecified atom stereocenters. The van der Waals surface area contributed by atoms with Crippen molar-refractivity contribution in [1.82, 2.24) is 0 Å². The third-order valence-electron chi connectivity index (χ3n) is 4.18. The summed E-state index contributed by atoms with van der Waals surface area (Å²) in [6, 6.07) is 0. The fraction of sp³-hybridized carbons (Fsp3) is 1.00. The lowest BCUT2D eigenvalue weighted by atomic mass is 9.66. The summed E-state index contributed by atoms with van der Waals surface area (Å²) in [4.78, 5) is 0. The maximum Gasteiger partial charge on any atom is 0.0699 e. The highest BCUT2D eigenvalue weighted by Gasteiger charge is 2.28. The Bertz CT molecular complexity index is 147. The van der Waals surface area contributed by atoms with Gasteiger partial charge in [-0.05, 0) is 37.5 Å². The zero-order valence-corrected chi connectivity index (χ0v) is 9.68. The van der Waals surface area contributed by atoms with Crippen LogP contribution in [0.15, 0.2) is 0 Å². The molecule has 0 spiro atoms. The quantitative estimate of drug-likeness (QED) is 0.454. The lowest BCUT2D eigenvalue weighted by molar-refractivity contribution is 0.198. The molecule has 0 N–H and O–H groups in total. The molecule has 0 heterocycles. The molecule has 2 heteroatoms. The van der Waals surface area contributed by atoms with E-state index in [0.717, 1.165) is 11.8 Å². The first-order valence-electron chi connectivity index (χ1n) is 6.15. The molecule has 0 aliphatic heterocycles. The summed E-state index contributed by atoms with van der Waals surface area (Å²) < 4.78 is 0. The summed E-state index contributed by atoms with van der Waals surface area (Å²) in [6.45, 7) is 0. The van der Waals surface area contributed by atoms with Gasteiger partial charge in [0.2, 0.25) is 0 Å². The molecular formula is C12H20BCl. The van der Waals surface area contributed by atoms with Gasteiger partial charge < -0.3 is 0 Å². The van der Waals surface area contributed by atoms with E-state index >= 15 is 0 Å². The summed E-state index contributed by atoms with van der Waals surface area (Å²) in [6.07, 6.45) is 10.5. The molecule has 0 atom stereocenters. The van der Waals surface area contributed by atoms with Crippen LogP contribution < -0.4 is 0 Å². The van der Waals surface area contributed by atoms with Crippen LogP contribution in [0.25, 0.3) is 0 Å². The molecule has 0 saturated heterocycles. The van der Waals surface area contributed by atoms with E-state index in [1.807, 2.05) is 0 Å². The smallest absolute Gasteiger partial charge is 0.0699 e. The van der Waals surface area contributed by atoms with E-state index in [1.165, 1.54) is 51.4 Å². The lowest BCUT2D eigenvalue weighted by Gasteiger charge is -2.36. The third-order valence-corrected chi connectivity index (χ3v) is 4.62. The van der Waals surface area contributed by atoms with Gasteiger partial charge in [-0.1, -0.05) is 31.5 Å². The number of alkyl halides is 1. The van der Waals surface area contributed by atoms with Crippen LogP contribution in [0, 0.1) is 11.8 Å². The van der Waals surface area contributed by atoms with E-state index in [0.29, 0.717) is 11.2 Å². The minimum Gasteiger partial charge on any atom is -0.123 e. The van der Waals surface area contributed by atoms with Gasteiger partial charge in [-0.3, -0.25) is 0 Å². The molecule has 2 radical (unpaired) electrons. The second-order valence-corrected chi connectivity index (χ2v) is 5.80. The van der Waals surface area contributed by atoms with Crippen LogP contribution in [-0.2, 0) is 0 Å². The molecule has 78 valence electrons. The van der Waals surface area contributed by atoms with Gasteiger partial charge in [0.05, 0.1) is 7.85 Å². The summed E-state index contributed by atoms with van der Waals surface area (Å²) in [5, 5.41) is 0.470. The largest absolute Gasteiger partial charge is 0.123 e. The monoisotopic (exact) mass is 210 g/mol. The first-order chi connectivity index (χ1) is 6.75. The van der Waals surface area contributed by atoms with Crippen LogP contribution in [0.3, 0.4) is 0 Å². The highest BCUT2D eigenvalue weighted by molar-refractivity contribution is 6.20. The van der Waals surface area contributed by atoms with Crippen LogP contribution in [-0.4, -0.2) is 13.2 Å². The summed E-state index contributed by atoms with van der Waals surface area (Å²) in [5.74, 6) is 2.44. The van der Waals surface area contributed by atoms with Crippen molar-refractivity contribution in [2.24, 2.45) is 11.8 Å². The predicted molar refractivity (Wildman–Crippen MR) is 63.1 cm³/mol. The van der Waals surface area contributed by atoms with Crippen molar-refractivity contribution >= 4 is 19.4 Å². The number of hydrogen-bond acceptors (Lipinski definition) is 0. The molecule has 2 saturated carbocycles. The minimum atomic E-state index is 0.470. The van der Waals surface area contributed by atoms with Crippen molar-refractivity contribution < 1.29 is 0 Å². The second-order valence-electron chi connectivity index (χ2n) is 5.19. The van der Waals surface area contributed by atoms with Gasteiger partial charge in [-0.25, -0.2) is 0 Å². The molecule has 0 aromatic carbocycles. The van der Waals surface area contributed by atoms with Crippen LogP contribution >= 0.6 is 11.6 Å². The summed E-state index contributed by atoms with van der Waals surface area (Å²) >= 11 is 6.12. The Balaban J connectivity index is 1.78. The Morgan fingerprint density at radius 3 is 1.64 bits per heavy atom. The van der Waals surface area contributed by atoms with Crippen LogP contribution in [0.4, 0.5) is 0 Å². The fourth-order valence-electron chi connectivity index (χ4n) is 3.17. The fourth-order valence-corrected chi connectivity index (χ4v) is 3.42. The SMILES string of the molecule is [B]C1CCC(C2CCC(Cl)CC2)CC1. The molecule has 14 heavy (non-hydrogen) atoms. The molecule has 0 amide bonds. The highest BCUT2D eigenvalue weighted by atomic mass is 35.5. The maximum absolute atomic E-state index is 6.12. The summed E-state index contributed by atoms with van der Waals surface area (Å²) in [5.41, 5.74) is 0. The van der Waals surface area contributed by atoms with E-state index in [9.17, 15) is 0 Å². The highest BCUT2D eigenvalue weighted by Crippen LogP contribution is 2.41. The summed E-state index contributed by atoms with van der Waals surface area (Å²) in [7, 11) is 5.93. The normalized spacial score (nSPS) is 44.9. The van der Waals surface area contributed by atoms with Gasteiger partial charge in [0.1, 0.15) is 0 Å². The molecule has 0 nitrogen and oxygen atoms in total. The van der Waals surface area contributed by atoms with Crippen molar-refractivity contribution in [2.45, 2.75) is 62.6 Å². The zero-order valence-electron chi connectivity index (χ0n) is 8.92. The minimum absolute atomic E-state index is 0.470. The Hall–Kier alpha value is 0.355. The number of rotatable bonds is 1. The van der Waals surface area contributed by atoms with E-state index in [-0.39, 0.29) is 0 Å². The first-order valence-corrected chi connectivity index (χ1v) is 6.59. The average Bonchev–Trinajstić information content (AvgIpc) is 2.21. The van der Waals surface area contributed by atoms with Gasteiger partial charge in [0.25, 0.3) is 0 Å². The Morgan fingerprint density at radius 2 is 1.14 bits per heavy atom. The van der Waals surface area contributed by atoms with E-state index < -0.39 is 0 Å². The molecule has 2 fully saturated rings. The molecule has 0 aromatic heterocycles. The van der Waals surface area contributed by atoms with Gasteiger partial charge >= 0.3 is 0 Å². The molecular weight excluding hydrogens is 190 g/mol. The van der Waals surface area contributed by atoms with E-state index in [4.69, 9.17) is 19.4 Å². The average molecular weight is 211 g/mol. The van der Waals surface area contributed by atoms with Crippen molar-refractivity contribution in [3.8, 4) is 0 Å². The number of halogens is 1. The van der Waals surface area contributed by atoms with Crippen molar-refractivity contribution in [3.05, 3.63) is 0 Å². The van der Waals surface area contributed by atoms with Crippen molar-refractivity contribution in [2.75, 3.05) is 0 Å². The standard InChI is InChI=1S/C12H20BCl/c13-11-5-1-9(2-6-11)10-3-7-12(14)8-4-10/h9-12H,1-8H2. The Labute approximate surface area is 94.2 Å². The molecule has 2 rings (SSSR count). The molecule has 0 aromatic rings. The second kappa shape index (κ2) is 4.92. The maximum atomic E-state index is 6.12. The molecule has 0 bridgehead atoms. The van der Waals surface area contributed by atoms with Crippen molar-refractivity contribution in [3.63, 3.8) is 0 Å². The molecule has 2 aliphatic carbocycles. The Kier molecular flexibility index (Phi) is 3.82. The number of hydrogen-bond donors (Lipinski definition) is 0. The van der Waals surface area contributed by atoms with Crippen molar-refractivity contribution in [1.29, 1.82) is 0 Å².